The van der Waals surface area contributed by atoms with Gasteiger partial charge in [0, 0.05) is 37.0 Å². The van der Waals surface area contributed by atoms with Crippen molar-refractivity contribution in [1.82, 2.24) is 15.4 Å². The van der Waals surface area contributed by atoms with Crippen LogP contribution in [-0.4, -0.2) is 42.2 Å². The number of nitrogens with zero attached hydrogens (tertiary/aromatic N) is 3. The van der Waals surface area contributed by atoms with E-state index in [0.29, 0.717) is 6.61 Å². The van der Waals surface area contributed by atoms with Crippen molar-refractivity contribution in [3.05, 3.63) is 82.0 Å². The molecule has 226 valence electrons. The van der Waals surface area contributed by atoms with Gasteiger partial charge < -0.3 is 14.9 Å². The zero-order chi connectivity index (χ0) is 30.1. The number of benzene rings is 2. The van der Waals surface area contributed by atoms with Crippen LogP contribution in [0.2, 0.25) is 0 Å². The maximum atomic E-state index is 13.0. The summed E-state index contributed by atoms with van der Waals surface area (Å²) in [5.74, 6) is 0.557. The van der Waals surface area contributed by atoms with Gasteiger partial charge in [-0.2, -0.15) is 0 Å². The van der Waals surface area contributed by atoms with Gasteiger partial charge in [0.1, 0.15) is 11.9 Å². The number of ether oxygens (including phenoxy) is 2. The molecule has 43 heavy (non-hydrogen) atoms. The minimum Gasteiger partial charge on any atom is -0.487 e. The Bertz CT molecular complexity index is 1620. The molecule has 6 rings (SSSR count). The first-order chi connectivity index (χ1) is 20.9. The number of anilines is 2. The van der Waals surface area contributed by atoms with E-state index in [-0.39, 0.29) is 30.5 Å². The third-order valence-electron chi connectivity index (χ3n) is 8.80. The smallest absolute Gasteiger partial charge is 0.306 e. The summed E-state index contributed by atoms with van der Waals surface area (Å²) in [6, 6.07) is 15.2. The lowest BCUT2D eigenvalue weighted by atomic mass is 9.84. The van der Waals surface area contributed by atoms with Gasteiger partial charge in [0.25, 0.3) is 0 Å². The largest absolute Gasteiger partial charge is 0.487 e. The number of thiophene rings is 1. The van der Waals surface area contributed by atoms with Gasteiger partial charge >= 0.3 is 5.97 Å². The molecule has 0 amide bonds. The number of carbonyl (C=O) groups is 1. The molecule has 2 aromatic carbocycles. The third-order valence-corrected chi connectivity index (χ3v) is 9.81. The van der Waals surface area contributed by atoms with Gasteiger partial charge in [0.2, 0.25) is 0 Å². The highest BCUT2D eigenvalue weighted by atomic mass is 32.1. The molecule has 2 aromatic heterocycles. The molecule has 2 aliphatic rings. The first-order valence-corrected chi connectivity index (χ1v) is 16.2. The van der Waals surface area contributed by atoms with Gasteiger partial charge in [-0.3, -0.25) is 19.7 Å². The van der Waals surface area contributed by atoms with Crippen molar-refractivity contribution in [2.24, 2.45) is 0 Å². The first-order valence-electron chi connectivity index (χ1n) is 15.3. The first kappa shape index (κ1) is 29.4. The molecule has 2 aliphatic heterocycles. The number of carbonyl (C=O) groups excluding carboxylic acids is 1. The van der Waals surface area contributed by atoms with E-state index in [1.807, 2.05) is 31.2 Å². The fourth-order valence-corrected chi connectivity index (χ4v) is 7.50. The van der Waals surface area contributed by atoms with Gasteiger partial charge in [0.15, 0.2) is 0 Å². The SMILES string of the molecule is CCOC(=O)C[C@@H](c1cc(CN2C[C@@H](CC)Oc3cccnc3C2CC)c2sccc2c1)c1ccc2c(c1C)NNN2C. The van der Waals surface area contributed by atoms with Gasteiger partial charge in [-0.15, -0.1) is 16.9 Å². The molecule has 0 aliphatic carbocycles. The third kappa shape index (κ3) is 5.69. The Morgan fingerprint density at radius 1 is 1.19 bits per heavy atom. The van der Waals surface area contributed by atoms with E-state index >= 15 is 0 Å². The zero-order valence-corrected chi connectivity index (χ0v) is 26.5. The van der Waals surface area contributed by atoms with Crippen molar-refractivity contribution in [3.63, 3.8) is 0 Å². The number of hydrogen-bond acceptors (Lipinski definition) is 9. The molecule has 0 saturated carbocycles. The average molecular weight is 600 g/mol. The molecule has 0 saturated heterocycles. The maximum absolute atomic E-state index is 13.0. The quantitative estimate of drug-likeness (QED) is 0.197. The van der Waals surface area contributed by atoms with Crippen LogP contribution in [0.15, 0.2) is 54.0 Å². The molecule has 0 bridgehead atoms. The predicted octanol–water partition coefficient (Wildman–Crippen LogP) is 7.10. The molecule has 4 heterocycles. The van der Waals surface area contributed by atoms with Gasteiger partial charge in [-0.1, -0.05) is 26.0 Å². The van der Waals surface area contributed by atoms with E-state index in [1.54, 1.807) is 11.3 Å². The molecular formula is C34H41N5O3S. The standard InChI is InChI=1S/C34H41N5O3S/c1-6-25-20-39(28(7-2)33-30(42-25)10-9-14-35-33)19-24-17-23(16-22-13-15-43-34(22)24)27(18-31(40)41-8-3)26-11-12-29-32(21(26)4)36-37-38(29)5/h9-17,25,27-28,36-37H,6-8,18-20H2,1-5H3/t25-,27+,28?/m1/s1. The van der Waals surface area contributed by atoms with Crippen LogP contribution < -0.4 is 20.7 Å². The second-order valence-corrected chi connectivity index (χ2v) is 12.4. The highest BCUT2D eigenvalue weighted by Crippen LogP contribution is 2.42. The summed E-state index contributed by atoms with van der Waals surface area (Å²) in [6.45, 7) is 10.4. The van der Waals surface area contributed by atoms with Crippen molar-refractivity contribution >= 4 is 38.8 Å². The summed E-state index contributed by atoms with van der Waals surface area (Å²) in [5.41, 5.74) is 14.2. The van der Waals surface area contributed by atoms with E-state index in [1.165, 1.54) is 15.6 Å². The lowest BCUT2D eigenvalue weighted by Gasteiger charge is -2.30. The average Bonchev–Trinajstić information content (AvgIpc) is 3.60. The molecule has 8 nitrogen and oxygen atoms in total. The molecular weight excluding hydrogens is 558 g/mol. The van der Waals surface area contributed by atoms with Crippen molar-refractivity contribution in [3.8, 4) is 5.75 Å². The Morgan fingerprint density at radius 2 is 2.05 bits per heavy atom. The lowest BCUT2D eigenvalue weighted by molar-refractivity contribution is -0.143. The fourth-order valence-electron chi connectivity index (χ4n) is 6.61. The summed E-state index contributed by atoms with van der Waals surface area (Å²) in [7, 11) is 1.99. The zero-order valence-electron chi connectivity index (χ0n) is 25.6. The number of rotatable bonds is 9. The highest BCUT2D eigenvalue weighted by molar-refractivity contribution is 7.17. The van der Waals surface area contributed by atoms with Crippen molar-refractivity contribution in [2.45, 2.75) is 71.6 Å². The Hall–Kier alpha value is -3.66. The summed E-state index contributed by atoms with van der Waals surface area (Å²) >= 11 is 1.78. The summed E-state index contributed by atoms with van der Waals surface area (Å²) < 4.78 is 13.2. The van der Waals surface area contributed by atoms with Crippen LogP contribution in [0.4, 0.5) is 11.4 Å². The number of nitrogens with one attached hydrogen (secondary N) is 2. The number of hydrogen-bond donors (Lipinski definition) is 2. The molecule has 0 radical (unpaired) electrons. The van der Waals surface area contributed by atoms with Crippen LogP contribution in [-0.2, 0) is 16.1 Å². The molecule has 0 fully saturated rings. The monoisotopic (exact) mass is 599 g/mol. The Balaban J connectivity index is 1.43. The van der Waals surface area contributed by atoms with Gasteiger partial charge in [0.05, 0.1) is 36.1 Å². The van der Waals surface area contributed by atoms with Crippen LogP contribution in [0.25, 0.3) is 10.1 Å². The molecule has 2 N–H and O–H groups in total. The van der Waals surface area contributed by atoms with E-state index in [9.17, 15) is 4.79 Å². The summed E-state index contributed by atoms with van der Waals surface area (Å²) in [6.07, 6.45) is 4.09. The number of esters is 1. The van der Waals surface area contributed by atoms with Crippen LogP contribution in [0, 0.1) is 6.92 Å². The van der Waals surface area contributed by atoms with Gasteiger partial charge in [-0.05, 0) is 90.0 Å². The normalized spacial score (nSPS) is 18.9. The Morgan fingerprint density at radius 3 is 2.84 bits per heavy atom. The topological polar surface area (TPSA) is 79.0 Å². The minimum atomic E-state index is -0.188. The summed E-state index contributed by atoms with van der Waals surface area (Å²) in [4.78, 5) is 20.4. The van der Waals surface area contributed by atoms with Crippen LogP contribution in [0.5, 0.6) is 5.75 Å². The molecule has 3 atom stereocenters. The molecule has 0 spiro atoms. The van der Waals surface area contributed by atoms with Crippen LogP contribution in [0.3, 0.4) is 0 Å². The predicted molar refractivity (Wildman–Crippen MR) is 174 cm³/mol. The molecule has 4 aromatic rings. The van der Waals surface area contributed by atoms with E-state index in [0.717, 1.165) is 65.4 Å². The summed E-state index contributed by atoms with van der Waals surface area (Å²) in [5, 5.41) is 5.33. The maximum Gasteiger partial charge on any atom is 0.306 e. The van der Waals surface area contributed by atoms with E-state index in [2.05, 4.69) is 78.4 Å². The number of aromatic nitrogens is 1. The fraction of sp³-hybridized carbons (Fsp3) is 0.412. The van der Waals surface area contributed by atoms with Crippen LogP contribution in [0.1, 0.15) is 79.9 Å². The number of hydrazine groups is 2. The van der Waals surface area contributed by atoms with Crippen molar-refractivity contribution in [1.29, 1.82) is 0 Å². The number of pyridine rings is 1. The van der Waals surface area contributed by atoms with E-state index in [4.69, 9.17) is 14.5 Å². The highest BCUT2D eigenvalue weighted by Gasteiger charge is 2.32. The Kier molecular flexibility index (Phi) is 8.56. The minimum absolute atomic E-state index is 0.0892. The Labute approximate surface area is 257 Å². The molecule has 9 heteroatoms. The second kappa shape index (κ2) is 12.5. The number of fused-ring (bicyclic) bond motifs is 3. The van der Waals surface area contributed by atoms with Crippen molar-refractivity contribution in [2.75, 3.05) is 30.6 Å². The van der Waals surface area contributed by atoms with Crippen molar-refractivity contribution < 1.29 is 14.3 Å². The van der Waals surface area contributed by atoms with Crippen LogP contribution >= 0.6 is 11.3 Å². The van der Waals surface area contributed by atoms with E-state index < -0.39 is 0 Å². The second-order valence-electron chi connectivity index (χ2n) is 11.4. The lowest BCUT2D eigenvalue weighted by Crippen LogP contribution is -2.35. The van der Waals surface area contributed by atoms with Gasteiger partial charge in [-0.25, -0.2) is 0 Å². The molecule has 1 unspecified atom stereocenters.